The molecule has 0 spiro atoms. The van der Waals surface area contributed by atoms with Gasteiger partial charge in [-0.05, 0) is 64.2 Å². The Hall–Kier alpha value is -1.32. The first kappa shape index (κ1) is 38.7. The second kappa shape index (κ2) is 32.2. The number of esters is 1. The maximum Gasteiger partial charge on any atom is 0.306 e. The van der Waals surface area contributed by atoms with Gasteiger partial charge in [0, 0.05) is 12.8 Å². The normalized spacial score (nSPS) is 12.2. The summed E-state index contributed by atoms with van der Waals surface area (Å²) < 4.78 is 5.91. The Morgan fingerprint density at radius 2 is 0.900 bits per heavy atom. The van der Waals surface area contributed by atoms with Crippen molar-refractivity contribution in [3.63, 3.8) is 0 Å². The van der Waals surface area contributed by atoms with Crippen LogP contribution in [0.1, 0.15) is 200 Å². The van der Waals surface area contributed by atoms with E-state index in [9.17, 15) is 9.59 Å². The molecule has 0 amide bonds. The van der Waals surface area contributed by atoms with Gasteiger partial charge in [0.15, 0.2) is 0 Å². The highest BCUT2D eigenvalue weighted by molar-refractivity contribution is 5.69. The summed E-state index contributed by atoms with van der Waals surface area (Å²) in [6.07, 6.45) is 38.2. The highest BCUT2D eigenvalue weighted by Crippen LogP contribution is 2.18. The zero-order chi connectivity index (χ0) is 29.4. The van der Waals surface area contributed by atoms with Crippen LogP contribution in [0.4, 0.5) is 0 Å². The molecule has 0 aliphatic rings. The fourth-order valence-corrected chi connectivity index (χ4v) is 5.35. The molecule has 40 heavy (non-hydrogen) atoms. The molecule has 4 heteroatoms. The highest BCUT2D eigenvalue weighted by Gasteiger charge is 2.14. The van der Waals surface area contributed by atoms with E-state index >= 15 is 0 Å². The summed E-state index contributed by atoms with van der Waals surface area (Å²) >= 11 is 0. The summed E-state index contributed by atoms with van der Waals surface area (Å²) in [5.74, 6) is -0.681. The summed E-state index contributed by atoms with van der Waals surface area (Å²) in [5, 5.41) is 8.70. The van der Waals surface area contributed by atoms with Gasteiger partial charge < -0.3 is 9.84 Å². The molecule has 0 aromatic carbocycles. The fourth-order valence-electron chi connectivity index (χ4n) is 5.35. The van der Waals surface area contributed by atoms with Gasteiger partial charge >= 0.3 is 11.9 Å². The van der Waals surface area contributed by atoms with E-state index < -0.39 is 5.97 Å². The molecule has 4 nitrogen and oxygen atoms in total. The van der Waals surface area contributed by atoms with Crippen molar-refractivity contribution in [1.82, 2.24) is 0 Å². The summed E-state index contributed by atoms with van der Waals surface area (Å²) in [6, 6.07) is 0. The molecule has 0 aliphatic heterocycles. The fraction of sp³-hybridized carbons (Fsp3) is 0.889. The molecular formula is C36H68O4. The van der Waals surface area contributed by atoms with Gasteiger partial charge in [0.1, 0.15) is 6.10 Å². The van der Waals surface area contributed by atoms with Crippen LogP contribution >= 0.6 is 0 Å². The minimum atomic E-state index is -0.688. The standard InChI is InChI=1S/C36H68O4/c1-3-5-7-8-9-10-11-12-13-14-15-16-17-18-22-25-29-33-36(39)40-34(30-26-6-4-2)31-27-23-20-19-21-24-28-32-35(37)38/h12-13,34H,3-11,14-33H2,1-2H3,(H,37,38)/b13-12-. The topological polar surface area (TPSA) is 63.6 Å². The lowest BCUT2D eigenvalue weighted by molar-refractivity contribution is -0.150. The number of carbonyl (C=O) groups is 2. The molecule has 1 atom stereocenters. The molecule has 0 saturated carbocycles. The second-order valence-electron chi connectivity index (χ2n) is 12.1. The maximum absolute atomic E-state index is 12.5. The van der Waals surface area contributed by atoms with Gasteiger partial charge in [-0.3, -0.25) is 9.59 Å². The van der Waals surface area contributed by atoms with Gasteiger partial charge in [-0.15, -0.1) is 0 Å². The number of carboxylic acids is 1. The van der Waals surface area contributed by atoms with E-state index in [0.29, 0.717) is 12.8 Å². The lowest BCUT2D eigenvalue weighted by atomic mass is 10.0. The van der Waals surface area contributed by atoms with E-state index in [0.717, 1.165) is 57.8 Å². The number of hydrogen-bond donors (Lipinski definition) is 1. The number of aliphatic carboxylic acids is 1. The second-order valence-corrected chi connectivity index (χ2v) is 12.1. The molecular weight excluding hydrogens is 496 g/mol. The Kier molecular flexibility index (Phi) is 31.1. The van der Waals surface area contributed by atoms with E-state index in [1.165, 1.54) is 116 Å². The molecule has 1 unspecified atom stereocenters. The zero-order valence-corrected chi connectivity index (χ0v) is 26.9. The van der Waals surface area contributed by atoms with Gasteiger partial charge in [0.25, 0.3) is 0 Å². The molecule has 0 aliphatic carbocycles. The number of allylic oxidation sites excluding steroid dienone is 2. The minimum absolute atomic E-state index is 0.00711. The molecule has 0 aromatic rings. The predicted octanol–water partition coefficient (Wildman–Crippen LogP) is 11.9. The van der Waals surface area contributed by atoms with Crippen LogP contribution in [0.5, 0.6) is 0 Å². The van der Waals surface area contributed by atoms with Crippen molar-refractivity contribution in [2.45, 2.75) is 206 Å². The van der Waals surface area contributed by atoms with E-state index in [1.54, 1.807) is 0 Å². The summed E-state index contributed by atoms with van der Waals surface area (Å²) in [7, 11) is 0. The molecule has 236 valence electrons. The largest absolute Gasteiger partial charge is 0.481 e. The van der Waals surface area contributed by atoms with E-state index in [4.69, 9.17) is 9.84 Å². The Morgan fingerprint density at radius 1 is 0.525 bits per heavy atom. The number of carbonyl (C=O) groups excluding carboxylic acids is 1. The summed E-state index contributed by atoms with van der Waals surface area (Å²) in [4.78, 5) is 23.0. The highest BCUT2D eigenvalue weighted by atomic mass is 16.5. The zero-order valence-electron chi connectivity index (χ0n) is 26.9. The van der Waals surface area contributed by atoms with Crippen molar-refractivity contribution < 1.29 is 19.4 Å². The Labute approximate surface area is 249 Å². The van der Waals surface area contributed by atoms with Crippen molar-refractivity contribution in [2.24, 2.45) is 0 Å². The third-order valence-electron chi connectivity index (χ3n) is 7.99. The van der Waals surface area contributed by atoms with Crippen LogP contribution in [-0.4, -0.2) is 23.1 Å². The average Bonchev–Trinajstić information content (AvgIpc) is 2.93. The van der Waals surface area contributed by atoms with Gasteiger partial charge in [-0.1, -0.05) is 135 Å². The first-order valence-corrected chi connectivity index (χ1v) is 17.7. The van der Waals surface area contributed by atoms with Crippen LogP contribution in [-0.2, 0) is 14.3 Å². The Bertz CT molecular complexity index is 571. The maximum atomic E-state index is 12.5. The van der Waals surface area contributed by atoms with Gasteiger partial charge in [0.05, 0.1) is 0 Å². The molecule has 0 radical (unpaired) electrons. The van der Waals surface area contributed by atoms with Crippen molar-refractivity contribution in [1.29, 1.82) is 0 Å². The lowest BCUT2D eigenvalue weighted by Gasteiger charge is -2.18. The SMILES string of the molecule is CCCCCCCC/C=C\CCCCCCCCCC(=O)OC(CCCCC)CCCCCCCCCC(=O)O. The number of hydrogen-bond acceptors (Lipinski definition) is 3. The van der Waals surface area contributed by atoms with E-state index in [2.05, 4.69) is 26.0 Å². The van der Waals surface area contributed by atoms with Crippen LogP contribution in [0.15, 0.2) is 12.2 Å². The average molecular weight is 565 g/mol. The third kappa shape index (κ3) is 31.2. The van der Waals surface area contributed by atoms with Crippen molar-refractivity contribution in [2.75, 3.05) is 0 Å². The molecule has 0 aromatic heterocycles. The van der Waals surface area contributed by atoms with Crippen molar-refractivity contribution in [3.8, 4) is 0 Å². The summed E-state index contributed by atoms with van der Waals surface area (Å²) in [6.45, 7) is 4.49. The minimum Gasteiger partial charge on any atom is -0.481 e. The van der Waals surface area contributed by atoms with E-state index in [1.807, 2.05) is 0 Å². The number of carboxylic acid groups (broad SMARTS) is 1. The third-order valence-corrected chi connectivity index (χ3v) is 7.99. The van der Waals surface area contributed by atoms with Crippen LogP contribution in [0.2, 0.25) is 0 Å². The van der Waals surface area contributed by atoms with Crippen LogP contribution in [0, 0.1) is 0 Å². The van der Waals surface area contributed by atoms with Crippen LogP contribution in [0.25, 0.3) is 0 Å². The quantitative estimate of drug-likeness (QED) is 0.0501. The van der Waals surface area contributed by atoms with Crippen molar-refractivity contribution in [3.05, 3.63) is 12.2 Å². The smallest absolute Gasteiger partial charge is 0.306 e. The lowest BCUT2D eigenvalue weighted by Crippen LogP contribution is -2.18. The van der Waals surface area contributed by atoms with E-state index in [-0.39, 0.29) is 12.1 Å². The van der Waals surface area contributed by atoms with Gasteiger partial charge in [-0.25, -0.2) is 0 Å². The molecule has 0 bridgehead atoms. The van der Waals surface area contributed by atoms with Crippen molar-refractivity contribution >= 4 is 11.9 Å². The molecule has 0 heterocycles. The number of rotatable bonds is 32. The molecule has 0 rings (SSSR count). The molecule has 0 fully saturated rings. The van der Waals surface area contributed by atoms with Gasteiger partial charge in [0.2, 0.25) is 0 Å². The monoisotopic (exact) mass is 565 g/mol. The molecule has 1 N–H and O–H groups in total. The Balaban J connectivity index is 3.71. The predicted molar refractivity (Wildman–Crippen MR) is 172 cm³/mol. The van der Waals surface area contributed by atoms with Crippen LogP contribution < -0.4 is 0 Å². The molecule has 0 saturated heterocycles. The Morgan fingerprint density at radius 3 is 1.40 bits per heavy atom. The number of ether oxygens (including phenoxy) is 1. The van der Waals surface area contributed by atoms with Gasteiger partial charge in [-0.2, -0.15) is 0 Å². The first-order chi connectivity index (χ1) is 19.6. The first-order valence-electron chi connectivity index (χ1n) is 17.7. The summed E-state index contributed by atoms with van der Waals surface area (Å²) in [5.41, 5.74) is 0. The number of unbranched alkanes of at least 4 members (excludes halogenated alkanes) is 21. The van der Waals surface area contributed by atoms with Crippen LogP contribution in [0.3, 0.4) is 0 Å².